The SMILES string of the molecule is C1=CC(CC(Nc2ccnc(-n3cnc4ccccc43)n2)c2ccccc2)=CCC1. The van der Waals surface area contributed by atoms with Gasteiger partial charge in [-0.05, 0) is 48.6 Å². The van der Waals surface area contributed by atoms with Gasteiger partial charge in [-0.2, -0.15) is 4.98 Å². The van der Waals surface area contributed by atoms with Gasteiger partial charge in [-0.3, -0.25) is 4.57 Å². The van der Waals surface area contributed by atoms with Crippen molar-refractivity contribution in [3.8, 4) is 5.95 Å². The van der Waals surface area contributed by atoms with Crippen LogP contribution in [0.3, 0.4) is 0 Å². The molecule has 0 saturated carbocycles. The van der Waals surface area contributed by atoms with Gasteiger partial charge in [0.15, 0.2) is 0 Å². The number of anilines is 1. The maximum atomic E-state index is 4.79. The van der Waals surface area contributed by atoms with E-state index in [0.29, 0.717) is 5.95 Å². The molecule has 2 aromatic heterocycles. The third-order valence-electron chi connectivity index (χ3n) is 5.35. The highest BCUT2D eigenvalue weighted by Crippen LogP contribution is 2.28. The first-order chi connectivity index (χ1) is 14.9. The summed E-state index contributed by atoms with van der Waals surface area (Å²) in [5, 5.41) is 3.63. The molecule has 0 amide bonds. The van der Waals surface area contributed by atoms with E-state index in [9.17, 15) is 0 Å². The highest BCUT2D eigenvalue weighted by molar-refractivity contribution is 5.76. The first-order valence-electron chi connectivity index (χ1n) is 10.3. The number of aromatic nitrogens is 4. The molecule has 4 aromatic rings. The second-order valence-electron chi connectivity index (χ2n) is 7.42. The summed E-state index contributed by atoms with van der Waals surface area (Å²) >= 11 is 0. The van der Waals surface area contributed by atoms with Crippen molar-refractivity contribution in [3.63, 3.8) is 0 Å². The lowest BCUT2D eigenvalue weighted by molar-refractivity contribution is 0.761. The highest BCUT2D eigenvalue weighted by atomic mass is 15.2. The molecule has 5 heteroatoms. The maximum Gasteiger partial charge on any atom is 0.237 e. The fourth-order valence-electron chi connectivity index (χ4n) is 3.83. The van der Waals surface area contributed by atoms with Crippen molar-refractivity contribution in [1.29, 1.82) is 0 Å². The van der Waals surface area contributed by atoms with E-state index < -0.39 is 0 Å². The minimum Gasteiger partial charge on any atom is -0.363 e. The summed E-state index contributed by atoms with van der Waals surface area (Å²) in [7, 11) is 0. The average molecular weight is 393 g/mol. The summed E-state index contributed by atoms with van der Waals surface area (Å²) in [5.41, 5.74) is 4.52. The van der Waals surface area contributed by atoms with Gasteiger partial charge in [-0.1, -0.05) is 60.7 Å². The lowest BCUT2D eigenvalue weighted by Gasteiger charge is -2.21. The maximum absolute atomic E-state index is 4.79. The lowest BCUT2D eigenvalue weighted by Crippen LogP contribution is -2.14. The second kappa shape index (κ2) is 8.33. The van der Waals surface area contributed by atoms with Crippen molar-refractivity contribution in [1.82, 2.24) is 19.5 Å². The van der Waals surface area contributed by atoms with Crippen LogP contribution in [0, 0.1) is 0 Å². The smallest absolute Gasteiger partial charge is 0.237 e. The Morgan fingerprint density at radius 3 is 2.67 bits per heavy atom. The first-order valence-corrected chi connectivity index (χ1v) is 10.3. The van der Waals surface area contributed by atoms with Crippen molar-refractivity contribution in [2.24, 2.45) is 0 Å². The number of nitrogens with zero attached hydrogens (tertiary/aromatic N) is 4. The third-order valence-corrected chi connectivity index (χ3v) is 5.35. The van der Waals surface area contributed by atoms with Crippen LogP contribution in [-0.2, 0) is 0 Å². The number of para-hydroxylation sites is 2. The topological polar surface area (TPSA) is 55.6 Å². The van der Waals surface area contributed by atoms with Crippen molar-refractivity contribution >= 4 is 16.9 Å². The molecule has 1 atom stereocenters. The standard InChI is InChI=1S/C25H23N5/c1-3-9-19(10-4-1)17-22(20-11-5-2-6-12-20)28-24-15-16-26-25(29-24)30-18-27-21-13-7-8-14-23(21)30/h2-3,5-16,18,22H,1,4,17H2,(H,26,28,29). The van der Waals surface area contributed by atoms with Crippen LogP contribution in [0.15, 0.2) is 97.0 Å². The Hall–Kier alpha value is -3.73. The number of allylic oxidation sites excluding steroid dienone is 3. The van der Waals surface area contributed by atoms with E-state index in [2.05, 4.69) is 57.8 Å². The number of fused-ring (bicyclic) bond motifs is 1. The van der Waals surface area contributed by atoms with Gasteiger partial charge in [-0.25, -0.2) is 9.97 Å². The molecule has 1 aliphatic carbocycles. The predicted molar refractivity (Wildman–Crippen MR) is 121 cm³/mol. The quantitative estimate of drug-likeness (QED) is 0.461. The predicted octanol–water partition coefficient (Wildman–Crippen LogP) is 5.64. The summed E-state index contributed by atoms with van der Waals surface area (Å²) in [6.45, 7) is 0. The van der Waals surface area contributed by atoms with Crippen LogP contribution in [0.25, 0.3) is 17.0 Å². The number of rotatable bonds is 6. The van der Waals surface area contributed by atoms with Crippen molar-refractivity contribution in [2.75, 3.05) is 5.32 Å². The zero-order valence-corrected chi connectivity index (χ0v) is 16.6. The molecule has 5 nitrogen and oxygen atoms in total. The number of hydrogen-bond donors (Lipinski definition) is 1. The number of nitrogens with one attached hydrogen (secondary N) is 1. The largest absolute Gasteiger partial charge is 0.363 e. The molecule has 1 aliphatic rings. The van der Waals surface area contributed by atoms with Gasteiger partial charge in [0.2, 0.25) is 5.95 Å². The Morgan fingerprint density at radius 2 is 1.80 bits per heavy atom. The Kier molecular flexibility index (Phi) is 5.08. The van der Waals surface area contributed by atoms with Gasteiger partial charge >= 0.3 is 0 Å². The van der Waals surface area contributed by atoms with E-state index in [1.807, 2.05) is 41.0 Å². The number of benzene rings is 2. The van der Waals surface area contributed by atoms with E-state index in [-0.39, 0.29) is 6.04 Å². The lowest BCUT2D eigenvalue weighted by atomic mass is 9.95. The van der Waals surface area contributed by atoms with E-state index in [1.54, 1.807) is 12.5 Å². The normalized spacial score (nSPS) is 14.5. The minimum atomic E-state index is 0.127. The fraction of sp³-hybridized carbons (Fsp3) is 0.160. The summed E-state index contributed by atoms with van der Waals surface area (Å²) < 4.78 is 1.92. The van der Waals surface area contributed by atoms with Crippen LogP contribution in [0.1, 0.15) is 30.9 Å². The van der Waals surface area contributed by atoms with Crippen LogP contribution >= 0.6 is 0 Å². The summed E-state index contributed by atoms with van der Waals surface area (Å²) in [6, 6.07) is 20.6. The van der Waals surface area contributed by atoms with Gasteiger partial charge in [0.1, 0.15) is 12.1 Å². The monoisotopic (exact) mass is 393 g/mol. The molecule has 0 aliphatic heterocycles. The molecule has 0 spiro atoms. The number of hydrogen-bond acceptors (Lipinski definition) is 4. The van der Waals surface area contributed by atoms with Crippen LogP contribution in [-0.4, -0.2) is 19.5 Å². The molecule has 0 radical (unpaired) electrons. The summed E-state index contributed by atoms with van der Waals surface area (Å²) in [6.07, 6.45) is 13.5. The third kappa shape index (κ3) is 3.87. The first kappa shape index (κ1) is 18.3. The van der Waals surface area contributed by atoms with E-state index in [4.69, 9.17) is 4.98 Å². The van der Waals surface area contributed by atoms with Crippen LogP contribution in [0.2, 0.25) is 0 Å². The van der Waals surface area contributed by atoms with E-state index in [0.717, 1.165) is 36.1 Å². The molecule has 0 bridgehead atoms. The van der Waals surface area contributed by atoms with Gasteiger partial charge in [-0.15, -0.1) is 0 Å². The molecule has 5 rings (SSSR count). The molecule has 0 fully saturated rings. The van der Waals surface area contributed by atoms with Gasteiger partial charge in [0.25, 0.3) is 0 Å². The minimum absolute atomic E-state index is 0.127. The average Bonchev–Trinajstić information content (AvgIpc) is 3.24. The molecule has 30 heavy (non-hydrogen) atoms. The highest BCUT2D eigenvalue weighted by Gasteiger charge is 2.15. The van der Waals surface area contributed by atoms with Crippen molar-refractivity contribution in [2.45, 2.75) is 25.3 Å². The zero-order valence-electron chi connectivity index (χ0n) is 16.6. The van der Waals surface area contributed by atoms with E-state index >= 15 is 0 Å². The molecule has 2 heterocycles. The summed E-state index contributed by atoms with van der Waals surface area (Å²) in [4.78, 5) is 13.7. The van der Waals surface area contributed by atoms with E-state index in [1.165, 1.54) is 11.1 Å². The molecule has 1 N–H and O–H groups in total. The van der Waals surface area contributed by atoms with Gasteiger partial charge in [0.05, 0.1) is 17.1 Å². The Morgan fingerprint density at radius 1 is 0.933 bits per heavy atom. The van der Waals surface area contributed by atoms with Crippen molar-refractivity contribution in [3.05, 3.63) is 103 Å². The fourth-order valence-corrected chi connectivity index (χ4v) is 3.83. The second-order valence-corrected chi connectivity index (χ2v) is 7.42. The zero-order chi connectivity index (χ0) is 20.2. The van der Waals surface area contributed by atoms with Gasteiger partial charge in [0, 0.05) is 6.20 Å². The summed E-state index contributed by atoms with van der Waals surface area (Å²) in [5.74, 6) is 1.41. The van der Waals surface area contributed by atoms with Gasteiger partial charge < -0.3 is 5.32 Å². The molecule has 2 aromatic carbocycles. The van der Waals surface area contributed by atoms with Crippen molar-refractivity contribution < 1.29 is 0 Å². The Balaban J connectivity index is 1.45. The van der Waals surface area contributed by atoms with Crippen LogP contribution < -0.4 is 5.32 Å². The molecule has 148 valence electrons. The van der Waals surface area contributed by atoms with Crippen LogP contribution in [0.4, 0.5) is 5.82 Å². The van der Waals surface area contributed by atoms with Crippen LogP contribution in [0.5, 0.6) is 0 Å². The number of imidazole rings is 1. The Bertz CT molecular complexity index is 1210. The molecular formula is C25H23N5. The molecule has 1 unspecified atom stereocenters. The molecule has 0 saturated heterocycles. The Labute approximate surface area is 175 Å². The molecular weight excluding hydrogens is 370 g/mol.